The summed E-state index contributed by atoms with van der Waals surface area (Å²) in [5.74, 6) is -0.766. The SMILES string of the molecule is Cc1noc(C)c1S(=O)(=O)NC(=O)Cn1cc(Br)ccc1=O. The lowest BCUT2D eigenvalue weighted by atomic mass is 10.4. The molecule has 0 spiro atoms. The molecule has 2 aromatic rings. The first-order chi connectivity index (χ1) is 10.2. The van der Waals surface area contributed by atoms with Gasteiger partial charge in [0, 0.05) is 16.7 Å². The molecule has 2 heterocycles. The van der Waals surface area contributed by atoms with Crippen molar-refractivity contribution in [2.45, 2.75) is 25.3 Å². The Morgan fingerprint density at radius 3 is 2.68 bits per heavy atom. The molecule has 0 aliphatic rings. The van der Waals surface area contributed by atoms with Gasteiger partial charge in [-0.3, -0.25) is 9.59 Å². The van der Waals surface area contributed by atoms with Crippen LogP contribution in [0.3, 0.4) is 0 Å². The van der Waals surface area contributed by atoms with Crippen molar-refractivity contribution in [2.24, 2.45) is 0 Å². The number of nitrogens with zero attached hydrogens (tertiary/aromatic N) is 2. The summed E-state index contributed by atoms with van der Waals surface area (Å²) in [7, 11) is -4.10. The van der Waals surface area contributed by atoms with E-state index >= 15 is 0 Å². The van der Waals surface area contributed by atoms with Crippen LogP contribution in [0.2, 0.25) is 0 Å². The normalized spacial score (nSPS) is 11.4. The zero-order chi connectivity index (χ0) is 16.5. The smallest absolute Gasteiger partial charge is 0.269 e. The summed E-state index contributed by atoms with van der Waals surface area (Å²) in [6.45, 7) is 2.45. The second-order valence-electron chi connectivity index (χ2n) is 4.50. The van der Waals surface area contributed by atoms with Crippen LogP contribution in [0.4, 0.5) is 0 Å². The van der Waals surface area contributed by atoms with Crippen molar-refractivity contribution in [3.05, 3.63) is 44.6 Å². The van der Waals surface area contributed by atoms with E-state index in [0.717, 1.165) is 4.57 Å². The number of hydrogen-bond donors (Lipinski definition) is 1. The molecule has 0 fully saturated rings. The van der Waals surface area contributed by atoms with Crippen LogP contribution in [0.15, 0.2) is 37.0 Å². The van der Waals surface area contributed by atoms with Gasteiger partial charge < -0.3 is 9.09 Å². The monoisotopic (exact) mass is 389 g/mol. The van der Waals surface area contributed by atoms with E-state index < -0.39 is 28.0 Å². The van der Waals surface area contributed by atoms with Gasteiger partial charge in [-0.25, -0.2) is 13.1 Å². The lowest BCUT2D eigenvalue weighted by Gasteiger charge is -2.08. The number of pyridine rings is 1. The predicted octanol–water partition coefficient (Wildman–Crippen LogP) is 0.721. The highest BCUT2D eigenvalue weighted by molar-refractivity contribution is 9.10. The number of halogens is 1. The first kappa shape index (κ1) is 16.4. The molecular formula is C12H12BrN3O5S. The van der Waals surface area contributed by atoms with Crippen LogP contribution in [0.25, 0.3) is 0 Å². The maximum atomic E-state index is 12.2. The maximum Gasteiger partial charge on any atom is 0.269 e. The van der Waals surface area contributed by atoms with Gasteiger partial charge in [0.25, 0.3) is 21.5 Å². The molecule has 0 aliphatic carbocycles. The number of rotatable bonds is 4. The molecule has 1 N–H and O–H groups in total. The third kappa shape index (κ3) is 3.45. The number of nitrogens with one attached hydrogen (secondary N) is 1. The Labute approximate surface area is 134 Å². The average molecular weight is 390 g/mol. The zero-order valence-corrected chi connectivity index (χ0v) is 14.1. The van der Waals surface area contributed by atoms with Gasteiger partial charge in [0.2, 0.25) is 0 Å². The van der Waals surface area contributed by atoms with Crippen LogP contribution in [0.1, 0.15) is 11.5 Å². The van der Waals surface area contributed by atoms with Gasteiger partial charge in [0.05, 0.1) is 0 Å². The standard InChI is InChI=1S/C12H12BrN3O5S/c1-7-12(8(2)21-14-7)22(19,20)15-10(17)6-16-5-9(13)3-4-11(16)18/h3-5H,6H2,1-2H3,(H,15,17). The summed E-state index contributed by atoms with van der Waals surface area (Å²) in [5.41, 5.74) is -0.273. The van der Waals surface area contributed by atoms with Gasteiger partial charge in [0.1, 0.15) is 12.2 Å². The van der Waals surface area contributed by atoms with Crippen molar-refractivity contribution in [3.8, 4) is 0 Å². The van der Waals surface area contributed by atoms with Gasteiger partial charge >= 0.3 is 0 Å². The highest BCUT2D eigenvalue weighted by Crippen LogP contribution is 2.18. The van der Waals surface area contributed by atoms with E-state index in [1.807, 2.05) is 4.72 Å². The molecule has 0 saturated carbocycles. The molecule has 0 unspecified atom stereocenters. The Balaban J connectivity index is 2.22. The summed E-state index contributed by atoms with van der Waals surface area (Å²) in [6.07, 6.45) is 1.39. The average Bonchev–Trinajstić information content (AvgIpc) is 2.73. The molecule has 0 aliphatic heterocycles. The Morgan fingerprint density at radius 2 is 2.09 bits per heavy atom. The van der Waals surface area contributed by atoms with Crippen LogP contribution in [-0.4, -0.2) is 24.0 Å². The molecule has 118 valence electrons. The lowest BCUT2D eigenvalue weighted by Crippen LogP contribution is -2.36. The fraction of sp³-hybridized carbons (Fsp3) is 0.250. The number of sulfonamides is 1. The van der Waals surface area contributed by atoms with Crippen LogP contribution in [-0.2, 0) is 21.4 Å². The van der Waals surface area contributed by atoms with E-state index in [1.54, 1.807) is 0 Å². The number of aryl methyl sites for hydroxylation is 2. The fourth-order valence-corrected chi connectivity index (χ4v) is 3.56. The minimum atomic E-state index is -4.10. The van der Waals surface area contributed by atoms with Crippen molar-refractivity contribution in [2.75, 3.05) is 0 Å². The van der Waals surface area contributed by atoms with Crippen LogP contribution in [0.5, 0.6) is 0 Å². The Morgan fingerprint density at radius 1 is 1.41 bits per heavy atom. The minimum Gasteiger partial charge on any atom is -0.360 e. The molecule has 22 heavy (non-hydrogen) atoms. The minimum absolute atomic E-state index is 0.0809. The Kier molecular flexibility index (Phi) is 4.52. The van der Waals surface area contributed by atoms with E-state index in [4.69, 9.17) is 4.52 Å². The number of aromatic nitrogens is 2. The molecule has 0 aromatic carbocycles. The van der Waals surface area contributed by atoms with E-state index in [9.17, 15) is 18.0 Å². The van der Waals surface area contributed by atoms with Crippen molar-refractivity contribution in [3.63, 3.8) is 0 Å². The quantitative estimate of drug-likeness (QED) is 0.824. The molecule has 0 saturated heterocycles. The summed E-state index contributed by atoms with van der Waals surface area (Å²) >= 11 is 3.17. The maximum absolute atomic E-state index is 12.2. The van der Waals surface area contributed by atoms with E-state index in [0.29, 0.717) is 4.47 Å². The number of hydrogen-bond acceptors (Lipinski definition) is 6. The molecular weight excluding hydrogens is 378 g/mol. The van der Waals surface area contributed by atoms with Gasteiger partial charge in [-0.2, -0.15) is 0 Å². The molecule has 2 aromatic heterocycles. The van der Waals surface area contributed by atoms with Gasteiger partial charge in [-0.15, -0.1) is 0 Å². The molecule has 1 amide bonds. The number of carbonyl (C=O) groups excluding carboxylic acids is 1. The third-order valence-corrected chi connectivity index (χ3v) is 4.83. The van der Waals surface area contributed by atoms with Gasteiger partial charge in [0.15, 0.2) is 10.7 Å². The summed E-state index contributed by atoms with van der Waals surface area (Å²) in [6, 6.07) is 2.79. The second kappa shape index (κ2) is 6.05. The molecule has 0 atom stereocenters. The molecule has 8 nitrogen and oxygen atoms in total. The van der Waals surface area contributed by atoms with Crippen molar-refractivity contribution in [1.82, 2.24) is 14.4 Å². The summed E-state index contributed by atoms with van der Waals surface area (Å²) in [4.78, 5) is 23.3. The number of carbonyl (C=O) groups is 1. The Hall–Kier alpha value is -1.94. The van der Waals surface area contributed by atoms with E-state index in [-0.39, 0.29) is 16.3 Å². The van der Waals surface area contributed by atoms with Gasteiger partial charge in [-0.1, -0.05) is 5.16 Å². The van der Waals surface area contributed by atoms with E-state index in [1.165, 1.54) is 32.2 Å². The highest BCUT2D eigenvalue weighted by atomic mass is 79.9. The summed E-state index contributed by atoms with van der Waals surface area (Å²) in [5, 5.41) is 3.53. The predicted molar refractivity (Wildman–Crippen MR) is 79.7 cm³/mol. The zero-order valence-electron chi connectivity index (χ0n) is 11.7. The third-order valence-electron chi connectivity index (χ3n) is 2.75. The Bertz CT molecular complexity index is 865. The fourth-order valence-electron chi connectivity index (χ4n) is 1.87. The topological polar surface area (TPSA) is 111 Å². The van der Waals surface area contributed by atoms with Crippen LogP contribution >= 0.6 is 15.9 Å². The van der Waals surface area contributed by atoms with Crippen molar-refractivity contribution < 1.29 is 17.7 Å². The summed E-state index contributed by atoms with van der Waals surface area (Å²) < 4.78 is 32.7. The van der Waals surface area contributed by atoms with Crippen molar-refractivity contribution in [1.29, 1.82) is 0 Å². The molecule has 0 bridgehead atoms. The molecule has 2 rings (SSSR count). The first-order valence-electron chi connectivity index (χ1n) is 6.05. The lowest BCUT2D eigenvalue weighted by molar-refractivity contribution is -0.119. The number of amides is 1. The molecule has 10 heteroatoms. The van der Waals surface area contributed by atoms with Crippen LogP contribution in [0, 0.1) is 13.8 Å². The van der Waals surface area contributed by atoms with Crippen LogP contribution < -0.4 is 10.3 Å². The first-order valence-corrected chi connectivity index (χ1v) is 8.33. The largest absolute Gasteiger partial charge is 0.360 e. The van der Waals surface area contributed by atoms with E-state index in [2.05, 4.69) is 21.1 Å². The highest BCUT2D eigenvalue weighted by Gasteiger charge is 2.26. The molecule has 0 radical (unpaired) electrons. The van der Waals surface area contributed by atoms with Gasteiger partial charge in [-0.05, 0) is 35.8 Å². The second-order valence-corrected chi connectivity index (χ2v) is 7.03. The van der Waals surface area contributed by atoms with Crippen molar-refractivity contribution >= 4 is 31.9 Å².